The molecule has 0 spiro atoms. The first kappa shape index (κ1) is 22.5. The minimum atomic E-state index is -4.32. The summed E-state index contributed by atoms with van der Waals surface area (Å²) >= 11 is 1.40. The van der Waals surface area contributed by atoms with E-state index in [1.54, 1.807) is 7.11 Å². The van der Waals surface area contributed by atoms with Gasteiger partial charge >= 0.3 is 6.18 Å². The molecule has 1 N–H and O–H groups in total. The molecule has 32 heavy (non-hydrogen) atoms. The number of carbonyl (C=O) groups excluding carboxylic acids is 1. The SMILES string of the molecule is COc1ccc2nc(NC(=O)CN3CCN(Cc4ccc(C(F)(F)F)cc4)CC3)sc2c1. The number of methoxy groups -OCH3 is 1. The highest BCUT2D eigenvalue weighted by molar-refractivity contribution is 7.22. The number of nitrogens with zero attached hydrogens (tertiary/aromatic N) is 3. The molecule has 0 radical (unpaired) electrons. The van der Waals surface area contributed by atoms with Crippen molar-refractivity contribution >= 4 is 32.6 Å². The number of rotatable bonds is 6. The normalized spacial score (nSPS) is 15.8. The predicted octanol–water partition coefficient (Wildman–Crippen LogP) is 4.08. The van der Waals surface area contributed by atoms with Gasteiger partial charge in [0, 0.05) is 32.7 Å². The van der Waals surface area contributed by atoms with E-state index < -0.39 is 11.7 Å². The fraction of sp³-hybridized carbons (Fsp3) is 0.364. The van der Waals surface area contributed by atoms with Crippen LogP contribution in [0.3, 0.4) is 0 Å². The van der Waals surface area contributed by atoms with E-state index in [-0.39, 0.29) is 12.5 Å². The molecule has 1 saturated heterocycles. The molecule has 0 unspecified atom stereocenters. The minimum absolute atomic E-state index is 0.118. The van der Waals surface area contributed by atoms with Crippen molar-refractivity contribution in [3.05, 3.63) is 53.6 Å². The lowest BCUT2D eigenvalue weighted by atomic mass is 10.1. The van der Waals surface area contributed by atoms with Gasteiger partial charge in [0.25, 0.3) is 0 Å². The van der Waals surface area contributed by atoms with Gasteiger partial charge in [-0.05, 0) is 35.9 Å². The first-order chi connectivity index (χ1) is 15.3. The second-order valence-corrected chi connectivity index (χ2v) is 8.68. The largest absolute Gasteiger partial charge is 0.497 e. The van der Waals surface area contributed by atoms with Crippen molar-refractivity contribution < 1.29 is 22.7 Å². The Kier molecular flexibility index (Phi) is 6.63. The van der Waals surface area contributed by atoms with Crippen LogP contribution in [0.5, 0.6) is 5.75 Å². The van der Waals surface area contributed by atoms with Crippen molar-refractivity contribution in [3.63, 3.8) is 0 Å². The van der Waals surface area contributed by atoms with Gasteiger partial charge in [0.15, 0.2) is 5.13 Å². The molecular weight excluding hydrogens is 441 g/mol. The maximum Gasteiger partial charge on any atom is 0.416 e. The van der Waals surface area contributed by atoms with Crippen LogP contribution in [0.1, 0.15) is 11.1 Å². The summed E-state index contributed by atoms with van der Waals surface area (Å²) in [7, 11) is 1.61. The van der Waals surface area contributed by atoms with Crippen LogP contribution >= 0.6 is 11.3 Å². The van der Waals surface area contributed by atoms with Gasteiger partial charge in [-0.25, -0.2) is 4.98 Å². The highest BCUT2D eigenvalue weighted by Crippen LogP contribution is 2.30. The van der Waals surface area contributed by atoms with Crippen molar-refractivity contribution in [2.24, 2.45) is 0 Å². The summed E-state index contributed by atoms with van der Waals surface area (Å²) < 4.78 is 44.2. The monoisotopic (exact) mass is 464 g/mol. The van der Waals surface area contributed by atoms with Crippen molar-refractivity contribution in [3.8, 4) is 5.75 Å². The number of aromatic nitrogens is 1. The first-order valence-corrected chi connectivity index (χ1v) is 11.0. The van der Waals surface area contributed by atoms with Gasteiger partial charge in [-0.15, -0.1) is 0 Å². The molecule has 3 aromatic rings. The molecule has 0 aliphatic carbocycles. The summed E-state index contributed by atoms with van der Waals surface area (Å²) in [6, 6.07) is 10.9. The molecule has 4 rings (SSSR count). The zero-order chi connectivity index (χ0) is 22.7. The van der Waals surface area contributed by atoms with Crippen LogP contribution in [0.25, 0.3) is 10.2 Å². The topological polar surface area (TPSA) is 57.7 Å². The summed E-state index contributed by atoms with van der Waals surface area (Å²) in [6.07, 6.45) is -4.32. The number of thiazole rings is 1. The number of hydrogen-bond acceptors (Lipinski definition) is 6. The van der Waals surface area contributed by atoms with E-state index in [0.29, 0.717) is 24.8 Å². The third-order valence-corrected chi connectivity index (χ3v) is 6.30. The van der Waals surface area contributed by atoms with Gasteiger partial charge in [-0.2, -0.15) is 13.2 Å². The second-order valence-electron chi connectivity index (χ2n) is 7.65. The number of carbonyl (C=O) groups is 1. The number of hydrogen-bond donors (Lipinski definition) is 1. The fourth-order valence-corrected chi connectivity index (χ4v) is 4.52. The van der Waals surface area contributed by atoms with E-state index >= 15 is 0 Å². The van der Waals surface area contributed by atoms with Crippen LogP contribution in [-0.2, 0) is 17.5 Å². The van der Waals surface area contributed by atoms with E-state index in [2.05, 4.69) is 20.1 Å². The molecular formula is C22H23F3N4O2S. The van der Waals surface area contributed by atoms with Gasteiger partial charge in [0.2, 0.25) is 5.91 Å². The maximum atomic E-state index is 12.7. The highest BCUT2D eigenvalue weighted by Gasteiger charge is 2.30. The summed E-state index contributed by atoms with van der Waals surface area (Å²) in [4.78, 5) is 21.1. The number of alkyl halides is 3. The lowest BCUT2D eigenvalue weighted by Gasteiger charge is -2.34. The Morgan fingerprint density at radius 1 is 1.09 bits per heavy atom. The Morgan fingerprint density at radius 3 is 2.44 bits per heavy atom. The van der Waals surface area contributed by atoms with Gasteiger partial charge in [-0.3, -0.25) is 14.6 Å². The van der Waals surface area contributed by atoms with Crippen molar-refractivity contribution in [1.82, 2.24) is 14.8 Å². The molecule has 0 bridgehead atoms. The standard InChI is InChI=1S/C22H23F3N4O2S/c1-31-17-6-7-18-19(12-17)32-21(26-18)27-20(30)14-29-10-8-28(9-11-29)13-15-2-4-16(5-3-15)22(23,24)25/h2-7,12H,8-11,13-14H2,1H3,(H,26,27,30). The molecule has 1 amide bonds. The first-order valence-electron chi connectivity index (χ1n) is 10.2. The third-order valence-electron chi connectivity index (χ3n) is 5.36. The smallest absolute Gasteiger partial charge is 0.416 e. The number of benzene rings is 2. The van der Waals surface area contributed by atoms with E-state index in [0.717, 1.165) is 46.8 Å². The van der Waals surface area contributed by atoms with Crippen LogP contribution in [0, 0.1) is 0 Å². The van der Waals surface area contributed by atoms with Crippen molar-refractivity contribution in [1.29, 1.82) is 0 Å². The average molecular weight is 465 g/mol. The second kappa shape index (κ2) is 9.43. The Morgan fingerprint density at radius 2 is 1.78 bits per heavy atom. The number of amides is 1. The van der Waals surface area contributed by atoms with Gasteiger partial charge in [0.05, 0.1) is 29.4 Å². The molecule has 1 aromatic heterocycles. The molecule has 0 atom stereocenters. The molecule has 1 aliphatic heterocycles. The number of ether oxygens (including phenoxy) is 1. The van der Waals surface area contributed by atoms with Gasteiger partial charge in [0.1, 0.15) is 5.75 Å². The quantitative estimate of drug-likeness (QED) is 0.596. The fourth-order valence-electron chi connectivity index (χ4n) is 3.61. The van der Waals surface area contributed by atoms with Crippen molar-refractivity contribution in [2.45, 2.75) is 12.7 Å². The van der Waals surface area contributed by atoms with Crippen LogP contribution in [0.2, 0.25) is 0 Å². The molecule has 1 fully saturated rings. The Hall–Kier alpha value is -2.69. The van der Waals surface area contributed by atoms with Crippen LogP contribution in [0.15, 0.2) is 42.5 Å². The number of nitrogens with one attached hydrogen (secondary N) is 1. The maximum absolute atomic E-state index is 12.7. The van der Waals surface area contributed by atoms with Crippen LogP contribution in [-0.4, -0.2) is 60.5 Å². The lowest BCUT2D eigenvalue weighted by molar-refractivity contribution is -0.137. The van der Waals surface area contributed by atoms with Gasteiger partial charge in [-0.1, -0.05) is 23.5 Å². The number of piperazine rings is 1. The molecule has 2 heterocycles. The van der Waals surface area contributed by atoms with E-state index in [1.165, 1.54) is 23.5 Å². The average Bonchev–Trinajstić information content (AvgIpc) is 3.16. The minimum Gasteiger partial charge on any atom is -0.497 e. The summed E-state index contributed by atoms with van der Waals surface area (Å²) in [6.45, 7) is 3.78. The summed E-state index contributed by atoms with van der Waals surface area (Å²) in [5.41, 5.74) is 1.02. The molecule has 1 aliphatic rings. The van der Waals surface area contributed by atoms with E-state index in [1.807, 2.05) is 18.2 Å². The molecule has 10 heteroatoms. The third kappa shape index (κ3) is 5.56. The summed E-state index contributed by atoms with van der Waals surface area (Å²) in [5.74, 6) is 0.625. The predicted molar refractivity (Wildman–Crippen MR) is 118 cm³/mol. The van der Waals surface area contributed by atoms with Crippen LogP contribution < -0.4 is 10.1 Å². The number of anilines is 1. The molecule has 2 aromatic carbocycles. The zero-order valence-corrected chi connectivity index (χ0v) is 18.3. The van der Waals surface area contributed by atoms with E-state index in [4.69, 9.17) is 4.74 Å². The van der Waals surface area contributed by atoms with Crippen molar-refractivity contribution in [2.75, 3.05) is 45.2 Å². The number of fused-ring (bicyclic) bond motifs is 1. The van der Waals surface area contributed by atoms with Crippen LogP contribution in [0.4, 0.5) is 18.3 Å². The Labute approximate surface area is 187 Å². The molecule has 0 saturated carbocycles. The van der Waals surface area contributed by atoms with E-state index in [9.17, 15) is 18.0 Å². The summed E-state index contributed by atoms with van der Waals surface area (Å²) in [5, 5.41) is 3.42. The molecule has 170 valence electrons. The zero-order valence-electron chi connectivity index (χ0n) is 17.5. The Balaban J connectivity index is 1.24. The highest BCUT2D eigenvalue weighted by atomic mass is 32.1. The lowest BCUT2D eigenvalue weighted by Crippen LogP contribution is -2.48. The van der Waals surface area contributed by atoms with Gasteiger partial charge < -0.3 is 10.1 Å². The Bertz CT molecular complexity index is 1080. The molecule has 6 nitrogen and oxygen atoms in total. The number of halogens is 3.